The largest absolute Gasteiger partial charge is 0.395 e. The van der Waals surface area contributed by atoms with E-state index >= 15 is 0 Å². The third-order valence-corrected chi connectivity index (χ3v) is 2.20. The Labute approximate surface area is 84.4 Å². The quantitative estimate of drug-likeness (QED) is 0.710. The number of aromatic nitrogens is 1. The lowest BCUT2D eigenvalue weighted by molar-refractivity contribution is 0.181. The van der Waals surface area contributed by atoms with E-state index in [4.69, 9.17) is 10.8 Å². The molecule has 0 saturated carbocycles. The molecule has 0 aliphatic heterocycles. The van der Waals surface area contributed by atoms with Crippen LogP contribution in [0.5, 0.6) is 0 Å². The standard InChI is InChI=1S/C10H17N3O/c1-13(2)10(9(11)7-14)8-4-3-5-12-6-8/h3-6,9-10,14H,7,11H2,1-2H3. The first-order chi connectivity index (χ1) is 6.66. The summed E-state index contributed by atoms with van der Waals surface area (Å²) in [5, 5.41) is 9.04. The zero-order valence-corrected chi connectivity index (χ0v) is 8.59. The highest BCUT2D eigenvalue weighted by Crippen LogP contribution is 2.19. The second kappa shape index (κ2) is 5.05. The second-order valence-electron chi connectivity index (χ2n) is 3.54. The summed E-state index contributed by atoms with van der Waals surface area (Å²) in [4.78, 5) is 6.02. The van der Waals surface area contributed by atoms with E-state index in [1.54, 1.807) is 12.4 Å². The fourth-order valence-electron chi connectivity index (χ4n) is 1.58. The van der Waals surface area contributed by atoms with E-state index in [1.165, 1.54) is 0 Å². The number of nitrogens with two attached hydrogens (primary N) is 1. The van der Waals surface area contributed by atoms with Gasteiger partial charge >= 0.3 is 0 Å². The molecule has 3 N–H and O–H groups in total. The minimum atomic E-state index is -0.283. The highest BCUT2D eigenvalue weighted by atomic mass is 16.3. The van der Waals surface area contributed by atoms with Crippen LogP contribution in [-0.2, 0) is 0 Å². The fourth-order valence-corrected chi connectivity index (χ4v) is 1.58. The molecule has 1 heterocycles. The van der Waals surface area contributed by atoms with Crippen molar-refractivity contribution in [1.82, 2.24) is 9.88 Å². The van der Waals surface area contributed by atoms with Crippen LogP contribution in [0.15, 0.2) is 24.5 Å². The number of likely N-dealkylation sites (N-methyl/N-ethyl adjacent to an activating group) is 1. The first-order valence-electron chi connectivity index (χ1n) is 4.59. The Morgan fingerprint density at radius 3 is 2.71 bits per heavy atom. The summed E-state index contributed by atoms with van der Waals surface area (Å²) in [6, 6.07) is 3.56. The van der Waals surface area contributed by atoms with Gasteiger partial charge in [-0.2, -0.15) is 0 Å². The minimum Gasteiger partial charge on any atom is -0.395 e. The molecule has 1 rings (SSSR count). The number of nitrogens with zero attached hydrogens (tertiary/aromatic N) is 2. The van der Waals surface area contributed by atoms with E-state index in [1.807, 2.05) is 31.1 Å². The second-order valence-corrected chi connectivity index (χ2v) is 3.54. The summed E-state index contributed by atoms with van der Waals surface area (Å²) < 4.78 is 0. The van der Waals surface area contributed by atoms with Crippen molar-refractivity contribution in [3.63, 3.8) is 0 Å². The molecule has 78 valence electrons. The van der Waals surface area contributed by atoms with Crippen LogP contribution < -0.4 is 5.73 Å². The Kier molecular flexibility index (Phi) is 4.00. The van der Waals surface area contributed by atoms with Gasteiger partial charge in [-0.3, -0.25) is 4.98 Å². The highest BCUT2D eigenvalue weighted by molar-refractivity contribution is 5.16. The molecule has 1 aromatic rings. The molecule has 0 spiro atoms. The number of rotatable bonds is 4. The van der Waals surface area contributed by atoms with Crippen LogP contribution in [0.25, 0.3) is 0 Å². The minimum absolute atomic E-state index is 0.00806. The predicted octanol–water partition coefficient (Wildman–Crippen LogP) is 0.00390. The third-order valence-electron chi connectivity index (χ3n) is 2.20. The van der Waals surface area contributed by atoms with E-state index in [2.05, 4.69) is 4.98 Å². The van der Waals surface area contributed by atoms with Crippen LogP contribution in [0.4, 0.5) is 0 Å². The maximum atomic E-state index is 9.04. The van der Waals surface area contributed by atoms with Crippen LogP contribution in [0.3, 0.4) is 0 Å². The molecule has 1 aromatic heterocycles. The lowest BCUT2D eigenvalue weighted by Crippen LogP contribution is -2.39. The van der Waals surface area contributed by atoms with E-state index in [0.29, 0.717) is 0 Å². The Bertz CT molecular complexity index is 263. The number of aliphatic hydroxyl groups is 1. The van der Waals surface area contributed by atoms with Crippen LogP contribution in [0.2, 0.25) is 0 Å². The molecular formula is C10H17N3O. The van der Waals surface area contributed by atoms with Crippen molar-refractivity contribution in [2.24, 2.45) is 5.73 Å². The van der Waals surface area contributed by atoms with E-state index in [-0.39, 0.29) is 18.7 Å². The molecule has 2 unspecified atom stereocenters. The zero-order valence-electron chi connectivity index (χ0n) is 8.59. The topological polar surface area (TPSA) is 62.4 Å². The zero-order chi connectivity index (χ0) is 10.6. The molecule has 0 fully saturated rings. The van der Waals surface area contributed by atoms with Gasteiger partial charge in [0.15, 0.2) is 0 Å². The van der Waals surface area contributed by atoms with Gasteiger partial charge in [-0.15, -0.1) is 0 Å². The summed E-state index contributed by atoms with van der Waals surface area (Å²) in [5.41, 5.74) is 6.86. The van der Waals surface area contributed by atoms with Crippen molar-refractivity contribution in [2.45, 2.75) is 12.1 Å². The van der Waals surface area contributed by atoms with Crippen molar-refractivity contribution in [3.8, 4) is 0 Å². The van der Waals surface area contributed by atoms with Gasteiger partial charge < -0.3 is 15.7 Å². The molecule has 0 amide bonds. The van der Waals surface area contributed by atoms with Gasteiger partial charge in [0.05, 0.1) is 12.6 Å². The molecule has 0 bridgehead atoms. The van der Waals surface area contributed by atoms with Crippen molar-refractivity contribution in [3.05, 3.63) is 30.1 Å². The average Bonchev–Trinajstić information content (AvgIpc) is 2.19. The lowest BCUT2D eigenvalue weighted by atomic mass is 10.0. The van der Waals surface area contributed by atoms with Crippen molar-refractivity contribution < 1.29 is 5.11 Å². The van der Waals surface area contributed by atoms with Crippen molar-refractivity contribution in [1.29, 1.82) is 0 Å². The smallest absolute Gasteiger partial charge is 0.0601 e. The predicted molar refractivity (Wildman–Crippen MR) is 55.7 cm³/mol. The van der Waals surface area contributed by atoms with Crippen LogP contribution in [0, 0.1) is 0 Å². The first-order valence-corrected chi connectivity index (χ1v) is 4.59. The first kappa shape index (κ1) is 11.1. The van der Waals surface area contributed by atoms with Crippen LogP contribution in [0.1, 0.15) is 11.6 Å². The normalized spacial score (nSPS) is 15.5. The average molecular weight is 195 g/mol. The van der Waals surface area contributed by atoms with Crippen LogP contribution in [-0.4, -0.2) is 41.7 Å². The van der Waals surface area contributed by atoms with E-state index < -0.39 is 0 Å². The monoisotopic (exact) mass is 195 g/mol. The Hall–Kier alpha value is -0.970. The van der Waals surface area contributed by atoms with E-state index in [9.17, 15) is 0 Å². The highest BCUT2D eigenvalue weighted by Gasteiger charge is 2.21. The SMILES string of the molecule is CN(C)C(c1cccnc1)C(N)CO. The number of hydrogen-bond donors (Lipinski definition) is 2. The molecule has 0 aliphatic carbocycles. The molecule has 14 heavy (non-hydrogen) atoms. The summed E-state index contributed by atoms with van der Waals surface area (Å²) >= 11 is 0. The molecule has 0 aromatic carbocycles. The van der Waals surface area contributed by atoms with Gasteiger partial charge in [0.2, 0.25) is 0 Å². The lowest BCUT2D eigenvalue weighted by Gasteiger charge is -2.28. The van der Waals surface area contributed by atoms with Crippen molar-refractivity contribution in [2.75, 3.05) is 20.7 Å². The number of pyridine rings is 1. The maximum absolute atomic E-state index is 9.04. The molecule has 4 heteroatoms. The van der Waals surface area contributed by atoms with Crippen molar-refractivity contribution >= 4 is 0 Å². The van der Waals surface area contributed by atoms with Gasteiger partial charge in [-0.25, -0.2) is 0 Å². The Morgan fingerprint density at radius 2 is 2.29 bits per heavy atom. The van der Waals surface area contributed by atoms with Gasteiger partial charge in [-0.05, 0) is 25.7 Å². The number of aliphatic hydroxyl groups excluding tert-OH is 1. The molecule has 4 nitrogen and oxygen atoms in total. The van der Waals surface area contributed by atoms with Gasteiger partial charge in [-0.1, -0.05) is 6.07 Å². The third kappa shape index (κ3) is 2.51. The van der Waals surface area contributed by atoms with Crippen LogP contribution >= 0.6 is 0 Å². The summed E-state index contributed by atoms with van der Waals surface area (Å²) in [6.45, 7) is -0.0300. The summed E-state index contributed by atoms with van der Waals surface area (Å²) in [6.07, 6.45) is 3.50. The molecule has 2 atom stereocenters. The summed E-state index contributed by atoms with van der Waals surface area (Å²) in [5.74, 6) is 0. The van der Waals surface area contributed by atoms with Gasteiger partial charge in [0, 0.05) is 18.4 Å². The van der Waals surface area contributed by atoms with Gasteiger partial charge in [0.1, 0.15) is 0 Å². The Balaban J connectivity index is 2.89. The maximum Gasteiger partial charge on any atom is 0.0601 e. The van der Waals surface area contributed by atoms with E-state index in [0.717, 1.165) is 5.56 Å². The van der Waals surface area contributed by atoms with Gasteiger partial charge in [0.25, 0.3) is 0 Å². The molecule has 0 radical (unpaired) electrons. The Morgan fingerprint density at radius 1 is 1.57 bits per heavy atom. The fraction of sp³-hybridized carbons (Fsp3) is 0.500. The molecule has 0 saturated heterocycles. The summed E-state index contributed by atoms with van der Waals surface area (Å²) in [7, 11) is 3.88. The molecular weight excluding hydrogens is 178 g/mol. The molecule has 0 aliphatic rings. The number of hydrogen-bond acceptors (Lipinski definition) is 4.